The fraction of sp³-hybridized carbons (Fsp3) is 0.600. The molecule has 7 nitrogen and oxygen atoms in total. The highest BCUT2D eigenvalue weighted by Crippen LogP contribution is 2.14. The Morgan fingerprint density at radius 1 is 1.39 bits per heavy atom. The first-order valence-electron chi connectivity index (χ1n) is 5.52. The predicted octanol–water partition coefficient (Wildman–Crippen LogP) is 0.206. The standard InChI is InChI=1S/C10H15N3O4S/c1-13-10(11-8(16)9(17)12-13)18-6-4-2-3-5-7(14)15/h2-6H2,1H3,(H,12,17)(H,14,15). The number of unbranched alkanes of at least 4 members (excludes halogenated alkanes) is 2. The van der Waals surface area contributed by atoms with Crippen molar-refractivity contribution in [3.63, 3.8) is 0 Å². The third-order valence-electron chi connectivity index (χ3n) is 2.21. The van der Waals surface area contributed by atoms with E-state index in [1.807, 2.05) is 0 Å². The molecule has 0 aliphatic heterocycles. The molecule has 0 unspecified atom stereocenters. The summed E-state index contributed by atoms with van der Waals surface area (Å²) in [4.78, 5) is 35.9. The quantitative estimate of drug-likeness (QED) is 0.418. The number of rotatable bonds is 7. The van der Waals surface area contributed by atoms with Crippen LogP contribution in [0.5, 0.6) is 0 Å². The van der Waals surface area contributed by atoms with Crippen molar-refractivity contribution >= 4 is 17.7 Å². The average molecular weight is 273 g/mol. The second-order valence-corrected chi connectivity index (χ2v) is 4.81. The minimum absolute atomic E-state index is 0.181. The minimum atomic E-state index is -0.790. The van der Waals surface area contributed by atoms with Gasteiger partial charge in [0, 0.05) is 19.2 Å². The Kier molecular flexibility index (Phi) is 5.63. The second-order valence-electron chi connectivity index (χ2n) is 3.75. The zero-order chi connectivity index (χ0) is 13.5. The third kappa shape index (κ3) is 4.74. The summed E-state index contributed by atoms with van der Waals surface area (Å²) >= 11 is 1.36. The number of H-pyrrole nitrogens is 1. The molecule has 8 heteroatoms. The van der Waals surface area contributed by atoms with Crippen molar-refractivity contribution in [3.05, 3.63) is 20.7 Å². The topological polar surface area (TPSA) is 105 Å². The molecule has 0 saturated heterocycles. The van der Waals surface area contributed by atoms with Crippen LogP contribution < -0.4 is 11.1 Å². The highest BCUT2D eigenvalue weighted by atomic mass is 32.2. The van der Waals surface area contributed by atoms with Gasteiger partial charge in [-0.1, -0.05) is 18.2 Å². The lowest BCUT2D eigenvalue weighted by Gasteiger charge is -2.05. The molecule has 0 aromatic carbocycles. The van der Waals surface area contributed by atoms with Crippen molar-refractivity contribution in [1.82, 2.24) is 14.8 Å². The molecule has 0 aliphatic carbocycles. The third-order valence-corrected chi connectivity index (χ3v) is 3.33. The van der Waals surface area contributed by atoms with Gasteiger partial charge < -0.3 is 5.11 Å². The molecular formula is C10H15N3O4S. The lowest BCUT2D eigenvalue weighted by Crippen LogP contribution is -2.33. The molecule has 0 fully saturated rings. The smallest absolute Gasteiger partial charge is 0.339 e. The number of thioether (sulfide) groups is 1. The lowest BCUT2D eigenvalue weighted by molar-refractivity contribution is -0.137. The van der Waals surface area contributed by atoms with Crippen LogP contribution in [0.1, 0.15) is 25.7 Å². The number of aromatic nitrogens is 3. The van der Waals surface area contributed by atoms with Crippen LogP contribution in [-0.2, 0) is 11.8 Å². The van der Waals surface area contributed by atoms with Crippen LogP contribution in [-0.4, -0.2) is 31.6 Å². The Bertz CT molecular complexity index is 523. The van der Waals surface area contributed by atoms with Crippen LogP contribution in [0, 0.1) is 0 Å². The number of aryl methyl sites for hydroxylation is 1. The molecule has 0 atom stereocenters. The first-order valence-corrected chi connectivity index (χ1v) is 6.51. The van der Waals surface area contributed by atoms with E-state index in [9.17, 15) is 14.4 Å². The van der Waals surface area contributed by atoms with E-state index in [0.29, 0.717) is 11.6 Å². The van der Waals surface area contributed by atoms with Crippen LogP contribution in [0.15, 0.2) is 14.7 Å². The van der Waals surface area contributed by atoms with Gasteiger partial charge in [-0.3, -0.25) is 24.2 Å². The monoisotopic (exact) mass is 273 g/mol. The van der Waals surface area contributed by atoms with Gasteiger partial charge in [0.05, 0.1) is 0 Å². The molecule has 1 heterocycles. The maximum atomic E-state index is 11.1. The summed E-state index contributed by atoms with van der Waals surface area (Å²) in [6.45, 7) is 0. The number of aliphatic carboxylic acids is 1. The van der Waals surface area contributed by atoms with Crippen LogP contribution in [0.25, 0.3) is 0 Å². The number of aromatic amines is 1. The van der Waals surface area contributed by atoms with Crippen molar-refractivity contribution < 1.29 is 9.90 Å². The molecule has 0 spiro atoms. The first-order chi connectivity index (χ1) is 8.50. The van der Waals surface area contributed by atoms with Crippen LogP contribution in [0.4, 0.5) is 0 Å². The summed E-state index contributed by atoms with van der Waals surface area (Å²) in [6.07, 6.45) is 2.48. The fourth-order valence-corrected chi connectivity index (χ4v) is 2.23. The number of nitrogens with one attached hydrogen (secondary N) is 1. The van der Waals surface area contributed by atoms with Gasteiger partial charge in [-0.05, 0) is 12.8 Å². The van der Waals surface area contributed by atoms with Gasteiger partial charge in [-0.25, -0.2) is 0 Å². The van der Waals surface area contributed by atoms with E-state index in [0.717, 1.165) is 18.6 Å². The van der Waals surface area contributed by atoms with E-state index in [1.165, 1.54) is 16.4 Å². The molecule has 0 amide bonds. The first kappa shape index (κ1) is 14.5. The summed E-state index contributed by atoms with van der Waals surface area (Å²) in [5, 5.41) is 11.3. The Balaban J connectivity index is 2.36. The Morgan fingerprint density at radius 2 is 2.11 bits per heavy atom. The largest absolute Gasteiger partial charge is 0.481 e. The molecule has 100 valence electrons. The Hall–Kier alpha value is -1.57. The molecule has 0 aliphatic rings. The van der Waals surface area contributed by atoms with Gasteiger partial charge in [-0.15, -0.1) is 0 Å². The van der Waals surface area contributed by atoms with Crippen molar-refractivity contribution in [2.45, 2.75) is 30.8 Å². The number of carboxylic acids is 1. The van der Waals surface area contributed by atoms with Crippen molar-refractivity contribution in [3.8, 4) is 0 Å². The minimum Gasteiger partial charge on any atom is -0.481 e. The fourth-order valence-electron chi connectivity index (χ4n) is 1.31. The molecule has 18 heavy (non-hydrogen) atoms. The number of hydrogen-bond donors (Lipinski definition) is 2. The van der Waals surface area contributed by atoms with Gasteiger partial charge in [0.2, 0.25) is 0 Å². The van der Waals surface area contributed by atoms with Crippen LogP contribution in [0.3, 0.4) is 0 Å². The second kappa shape index (κ2) is 7.00. The van der Waals surface area contributed by atoms with Gasteiger partial charge in [0.25, 0.3) is 0 Å². The number of hydrogen-bond acceptors (Lipinski definition) is 5. The van der Waals surface area contributed by atoms with Crippen molar-refractivity contribution in [2.75, 3.05) is 5.75 Å². The normalized spacial score (nSPS) is 10.5. The van der Waals surface area contributed by atoms with E-state index in [-0.39, 0.29) is 6.42 Å². The average Bonchev–Trinajstić information content (AvgIpc) is 2.29. The van der Waals surface area contributed by atoms with E-state index >= 15 is 0 Å². The maximum Gasteiger partial charge on any atom is 0.339 e. The van der Waals surface area contributed by atoms with E-state index in [1.54, 1.807) is 7.05 Å². The highest BCUT2D eigenvalue weighted by molar-refractivity contribution is 7.99. The lowest BCUT2D eigenvalue weighted by atomic mass is 10.2. The summed E-state index contributed by atoms with van der Waals surface area (Å²) in [5.74, 6) is -0.0567. The molecule has 2 N–H and O–H groups in total. The van der Waals surface area contributed by atoms with Crippen LogP contribution in [0.2, 0.25) is 0 Å². The number of carboxylic acid groups (broad SMARTS) is 1. The summed E-state index contributed by atoms with van der Waals surface area (Å²) in [6, 6.07) is 0. The van der Waals surface area contributed by atoms with Gasteiger partial charge in [-0.2, -0.15) is 4.98 Å². The zero-order valence-electron chi connectivity index (χ0n) is 10.0. The van der Waals surface area contributed by atoms with Crippen molar-refractivity contribution in [2.24, 2.45) is 7.05 Å². The summed E-state index contributed by atoms with van der Waals surface area (Å²) < 4.78 is 1.41. The predicted molar refractivity (Wildman–Crippen MR) is 66.9 cm³/mol. The summed E-state index contributed by atoms with van der Waals surface area (Å²) in [5.41, 5.74) is -1.52. The van der Waals surface area contributed by atoms with Crippen LogP contribution >= 0.6 is 11.8 Å². The van der Waals surface area contributed by atoms with Crippen molar-refractivity contribution in [1.29, 1.82) is 0 Å². The number of carbonyl (C=O) groups is 1. The van der Waals surface area contributed by atoms with E-state index < -0.39 is 17.1 Å². The Morgan fingerprint density at radius 3 is 2.78 bits per heavy atom. The van der Waals surface area contributed by atoms with Gasteiger partial charge in [0.1, 0.15) is 0 Å². The highest BCUT2D eigenvalue weighted by Gasteiger charge is 2.04. The molecule has 1 rings (SSSR count). The maximum absolute atomic E-state index is 11.1. The van der Waals surface area contributed by atoms with E-state index in [2.05, 4.69) is 10.1 Å². The Labute approximate surface area is 107 Å². The molecule has 1 aromatic heterocycles. The number of nitrogens with zero attached hydrogens (tertiary/aromatic N) is 2. The van der Waals surface area contributed by atoms with E-state index in [4.69, 9.17) is 5.11 Å². The summed E-state index contributed by atoms with van der Waals surface area (Å²) in [7, 11) is 1.61. The molecule has 1 aromatic rings. The molecule has 0 radical (unpaired) electrons. The zero-order valence-corrected chi connectivity index (χ0v) is 10.8. The SMILES string of the molecule is Cn1[nH]c(=O)c(=O)nc1SCCCCCC(=O)O. The van der Waals surface area contributed by atoms with Gasteiger partial charge >= 0.3 is 17.1 Å². The molecule has 0 saturated carbocycles. The van der Waals surface area contributed by atoms with Gasteiger partial charge in [0.15, 0.2) is 5.16 Å². The molecule has 0 bridgehead atoms. The molecular weight excluding hydrogens is 258 g/mol.